The maximum absolute atomic E-state index is 9.59. The largest absolute Gasteiger partial charge is 0.410 e. The zero-order valence-electron chi connectivity index (χ0n) is 16.9. The summed E-state index contributed by atoms with van der Waals surface area (Å²) in [5, 5.41) is 13.2. The first kappa shape index (κ1) is 21.2. The van der Waals surface area contributed by atoms with Gasteiger partial charge in [0.05, 0.1) is 0 Å². The summed E-state index contributed by atoms with van der Waals surface area (Å²) in [6, 6.07) is 18.2. The second-order valence-electron chi connectivity index (χ2n) is 7.40. The predicted octanol–water partition coefficient (Wildman–Crippen LogP) is 7.38. The fourth-order valence-corrected chi connectivity index (χ4v) is 3.64. The Morgan fingerprint density at radius 3 is 1.89 bits per heavy atom. The lowest BCUT2D eigenvalue weighted by molar-refractivity contribution is 0.319. The van der Waals surface area contributed by atoms with E-state index < -0.39 is 0 Å². The quantitative estimate of drug-likeness (QED) is 0.171. The molecule has 0 aliphatic carbocycles. The Balaban J connectivity index is 1.78. The highest BCUT2D eigenvalue weighted by molar-refractivity contribution is 6.13. The Bertz CT molecular complexity index is 663. The Morgan fingerprint density at radius 2 is 1.26 bits per heavy atom. The van der Waals surface area contributed by atoms with Crippen LogP contribution in [0.3, 0.4) is 0 Å². The third-order valence-electron chi connectivity index (χ3n) is 5.22. The molecule has 0 spiro atoms. The van der Waals surface area contributed by atoms with E-state index in [1.807, 2.05) is 36.4 Å². The maximum Gasteiger partial charge on any atom is 0.117 e. The van der Waals surface area contributed by atoms with Crippen LogP contribution in [0.4, 0.5) is 0 Å². The van der Waals surface area contributed by atoms with Gasteiger partial charge >= 0.3 is 0 Å². The normalized spacial score (nSPS) is 11.7. The summed E-state index contributed by atoms with van der Waals surface area (Å²) in [5.41, 5.74) is 3.93. The van der Waals surface area contributed by atoms with E-state index in [-0.39, 0.29) is 0 Å². The fourth-order valence-electron chi connectivity index (χ4n) is 3.64. The molecule has 0 unspecified atom stereocenters. The number of rotatable bonds is 13. The van der Waals surface area contributed by atoms with Crippen molar-refractivity contribution in [2.75, 3.05) is 0 Å². The van der Waals surface area contributed by atoms with E-state index >= 15 is 0 Å². The Hall–Kier alpha value is -2.09. The summed E-state index contributed by atoms with van der Waals surface area (Å²) in [6.07, 6.45) is 14.5. The summed E-state index contributed by atoms with van der Waals surface area (Å²) < 4.78 is 0. The first-order valence-corrected chi connectivity index (χ1v) is 10.7. The number of hydrogen-bond donors (Lipinski definition) is 1. The van der Waals surface area contributed by atoms with Gasteiger partial charge in [0.2, 0.25) is 0 Å². The molecule has 2 nitrogen and oxygen atoms in total. The Kier molecular flexibility index (Phi) is 10.3. The highest BCUT2D eigenvalue weighted by Crippen LogP contribution is 2.19. The van der Waals surface area contributed by atoms with Crippen LogP contribution in [0, 0.1) is 0 Å². The molecule has 146 valence electrons. The van der Waals surface area contributed by atoms with Crippen LogP contribution in [0.2, 0.25) is 0 Å². The molecule has 27 heavy (non-hydrogen) atoms. The minimum atomic E-state index is 0.665. The number of benzene rings is 2. The summed E-state index contributed by atoms with van der Waals surface area (Å²) in [5.74, 6) is 0. The smallest absolute Gasteiger partial charge is 0.117 e. The van der Waals surface area contributed by atoms with E-state index in [9.17, 15) is 5.21 Å². The minimum Gasteiger partial charge on any atom is -0.410 e. The Morgan fingerprint density at radius 1 is 0.704 bits per heavy atom. The van der Waals surface area contributed by atoms with Gasteiger partial charge in [0, 0.05) is 11.1 Å². The lowest BCUT2D eigenvalue weighted by atomic mass is 9.94. The molecule has 0 saturated heterocycles. The van der Waals surface area contributed by atoms with Crippen molar-refractivity contribution < 1.29 is 5.21 Å². The predicted molar refractivity (Wildman–Crippen MR) is 116 cm³/mol. The van der Waals surface area contributed by atoms with Gasteiger partial charge in [-0.2, -0.15) is 0 Å². The molecule has 0 bridgehead atoms. The molecule has 0 aliphatic heterocycles. The first-order valence-electron chi connectivity index (χ1n) is 10.7. The zero-order valence-corrected chi connectivity index (χ0v) is 16.9. The van der Waals surface area contributed by atoms with Crippen molar-refractivity contribution in [3.05, 3.63) is 71.3 Å². The third-order valence-corrected chi connectivity index (χ3v) is 5.22. The van der Waals surface area contributed by atoms with Crippen LogP contribution < -0.4 is 0 Å². The van der Waals surface area contributed by atoms with Crippen LogP contribution in [0.25, 0.3) is 0 Å². The van der Waals surface area contributed by atoms with Crippen LogP contribution in [0.1, 0.15) is 87.8 Å². The van der Waals surface area contributed by atoms with Gasteiger partial charge in [-0.25, -0.2) is 0 Å². The fraction of sp³-hybridized carbons (Fsp3) is 0.480. The van der Waals surface area contributed by atoms with Gasteiger partial charge in [0.1, 0.15) is 5.71 Å². The molecule has 2 aromatic rings. The number of oxime groups is 1. The second-order valence-corrected chi connectivity index (χ2v) is 7.40. The SMILES string of the molecule is CCCCCCCCCCCCc1ccccc1C(=NO)c1ccccc1. The van der Waals surface area contributed by atoms with Gasteiger partial charge in [-0.1, -0.05) is 124 Å². The van der Waals surface area contributed by atoms with E-state index in [0.29, 0.717) is 5.71 Å². The van der Waals surface area contributed by atoms with Gasteiger partial charge < -0.3 is 5.21 Å². The number of nitrogens with zero attached hydrogens (tertiary/aromatic N) is 1. The Labute approximate surface area is 165 Å². The first-order chi connectivity index (χ1) is 13.4. The number of unbranched alkanes of at least 4 members (excludes halogenated alkanes) is 9. The summed E-state index contributed by atoms with van der Waals surface area (Å²) in [6.45, 7) is 2.27. The molecule has 2 aromatic carbocycles. The minimum absolute atomic E-state index is 0.665. The molecular weight excluding hydrogens is 330 g/mol. The molecule has 0 aliphatic rings. The summed E-state index contributed by atoms with van der Waals surface area (Å²) in [4.78, 5) is 0. The third kappa shape index (κ3) is 7.58. The monoisotopic (exact) mass is 365 g/mol. The van der Waals surface area contributed by atoms with Crippen molar-refractivity contribution in [3.63, 3.8) is 0 Å². The van der Waals surface area contributed by atoms with Crippen molar-refractivity contribution in [2.45, 2.75) is 77.6 Å². The van der Waals surface area contributed by atoms with Crippen molar-refractivity contribution in [3.8, 4) is 0 Å². The molecule has 2 rings (SSSR count). The summed E-state index contributed by atoms with van der Waals surface area (Å²) >= 11 is 0. The van der Waals surface area contributed by atoms with Gasteiger partial charge in [-0.3, -0.25) is 0 Å². The van der Waals surface area contributed by atoms with Gasteiger partial charge in [0.25, 0.3) is 0 Å². The molecule has 1 N–H and O–H groups in total. The van der Waals surface area contributed by atoms with Crippen molar-refractivity contribution >= 4 is 5.71 Å². The molecular formula is C25H35NO. The molecule has 0 heterocycles. The number of hydrogen-bond acceptors (Lipinski definition) is 2. The van der Waals surface area contributed by atoms with Crippen molar-refractivity contribution in [1.82, 2.24) is 0 Å². The van der Waals surface area contributed by atoms with E-state index in [1.165, 1.54) is 69.8 Å². The van der Waals surface area contributed by atoms with E-state index in [2.05, 4.69) is 30.3 Å². The highest BCUT2D eigenvalue weighted by Gasteiger charge is 2.11. The molecule has 0 fully saturated rings. The standard InChI is InChI=1S/C25H35NO/c1-2-3-4-5-6-7-8-9-10-12-17-22-18-15-16-21-24(22)25(26-27)23-19-13-11-14-20-23/h11,13-16,18-21,27H,2-10,12,17H2,1H3. The molecule has 0 saturated carbocycles. The van der Waals surface area contributed by atoms with Crippen LogP contribution in [-0.4, -0.2) is 10.9 Å². The van der Waals surface area contributed by atoms with Crippen LogP contribution >= 0.6 is 0 Å². The van der Waals surface area contributed by atoms with E-state index in [4.69, 9.17) is 0 Å². The molecule has 0 aromatic heterocycles. The molecule has 0 amide bonds. The van der Waals surface area contributed by atoms with Crippen LogP contribution in [0.5, 0.6) is 0 Å². The van der Waals surface area contributed by atoms with E-state index in [1.54, 1.807) is 0 Å². The average Bonchev–Trinajstić information content (AvgIpc) is 2.72. The van der Waals surface area contributed by atoms with E-state index in [0.717, 1.165) is 17.5 Å². The lowest BCUT2D eigenvalue weighted by Gasteiger charge is -2.11. The highest BCUT2D eigenvalue weighted by atomic mass is 16.4. The second kappa shape index (κ2) is 13.1. The van der Waals surface area contributed by atoms with Crippen molar-refractivity contribution in [2.24, 2.45) is 5.16 Å². The van der Waals surface area contributed by atoms with Gasteiger partial charge in [-0.15, -0.1) is 0 Å². The van der Waals surface area contributed by atoms with Gasteiger partial charge in [-0.05, 0) is 18.4 Å². The van der Waals surface area contributed by atoms with Crippen LogP contribution in [0.15, 0.2) is 59.8 Å². The van der Waals surface area contributed by atoms with Crippen LogP contribution in [-0.2, 0) is 6.42 Å². The number of aryl methyl sites for hydroxylation is 1. The molecule has 0 atom stereocenters. The molecule has 2 heteroatoms. The topological polar surface area (TPSA) is 32.6 Å². The van der Waals surface area contributed by atoms with Crippen molar-refractivity contribution in [1.29, 1.82) is 0 Å². The summed E-state index contributed by atoms with van der Waals surface area (Å²) in [7, 11) is 0. The van der Waals surface area contributed by atoms with Gasteiger partial charge in [0.15, 0.2) is 0 Å². The zero-order chi connectivity index (χ0) is 19.2. The lowest BCUT2D eigenvalue weighted by Crippen LogP contribution is -2.07. The average molecular weight is 366 g/mol. The molecule has 0 radical (unpaired) electrons. The maximum atomic E-state index is 9.59.